The number of benzene rings is 2. The highest BCUT2D eigenvalue weighted by atomic mass is 32.1. The zero-order valence-corrected chi connectivity index (χ0v) is 13.6. The summed E-state index contributed by atoms with van der Waals surface area (Å²) in [6, 6.07) is 15.0. The molecular formula is C19H19FN2S. The van der Waals surface area contributed by atoms with Gasteiger partial charge in [-0.3, -0.25) is 0 Å². The van der Waals surface area contributed by atoms with Crippen molar-refractivity contribution in [1.82, 2.24) is 4.57 Å². The van der Waals surface area contributed by atoms with Gasteiger partial charge in [0.05, 0.1) is 0 Å². The Morgan fingerprint density at radius 3 is 2.65 bits per heavy atom. The third kappa shape index (κ3) is 3.66. The van der Waals surface area contributed by atoms with Crippen LogP contribution in [0.5, 0.6) is 0 Å². The maximum absolute atomic E-state index is 13.0. The van der Waals surface area contributed by atoms with E-state index in [1.165, 1.54) is 23.0 Å². The minimum absolute atomic E-state index is 0.195. The van der Waals surface area contributed by atoms with Gasteiger partial charge in [-0.05, 0) is 52.8 Å². The highest BCUT2D eigenvalue weighted by molar-refractivity contribution is 7.84. The Kier molecular flexibility index (Phi) is 4.84. The number of hydrogen-bond acceptors (Lipinski definition) is 2. The van der Waals surface area contributed by atoms with E-state index in [1.54, 1.807) is 0 Å². The Balaban J connectivity index is 1.85. The zero-order chi connectivity index (χ0) is 16.2. The Bertz CT molecular complexity index is 834. The van der Waals surface area contributed by atoms with Gasteiger partial charge in [0.25, 0.3) is 0 Å². The third-order valence-electron chi connectivity index (χ3n) is 3.93. The van der Waals surface area contributed by atoms with Gasteiger partial charge >= 0.3 is 0 Å². The SMILES string of the molecule is NC/C(S)=C/c1cccc2c1ccn2CCc1ccc(F)cc1. The molecule has 0 atom stereocenters. The lowest BCUT2D eigenvalue weighted by Gasteiger charge is -2.07. The van der Waals surface area contributed by atoms with Crippen LogP contribution in [0.25, 0.3) is 17.0 Å². The molecule has 0 unspecified atom stereocenters. The molecule has 0 saturated carbocycles. The summed E-state index contributed by atoms with van der Waals surface area (Å²) in [6.07, 6.45) is 4.96. The third-order valence-corrected chi connectivity index (χ3v) is 4.24. The van der Waals surface area contributed by atoms with Crippen molar-refractivity contribution >= 4 is 29.6 Å². The summed E-state index contributed by atoms with van der Waals surface area (Å²) in [7, 11) is 0. The van der Waals surface area contributed by atoms with Crippen molar-refractivity contribution in [2.24, 2.45) is 5.73 Å². The molecule has 2 N–H and O–H groups in total. The number of nitrogens with two attached hydrogens (primary N) is 1. The van der Waals surface area contributed by atoms with Crippen molar-refractivity contribution < 1.29 is 4.39 Å². The number of fused-ring (bicyclic) bond motifs is 1. The summed E-state index contributed by atoms with van der Waals surface area (Å²) in [4.78, 5) is 0.858. The van der Waals surface area contributed by atoms with Crippen molar-refractivity contribution in [3.63, 3.8) is 0 Å². The monoisotopic (exact) mass is 326 g/mol. The van der Waals surface area contributed by atoms with Gasteiger partial charge in [0.1, 0.15) is 5.82 Å². The molecule has 3 aromatic rings. The number of thiol groups is 1. The molecule has 2 nitrogen and oxygen atoms in total. The van der Waals surface area contributed by atoms with Gasteiger partial charge in [-0.1, -0.05) is 24.3 Å². The molecule has 1 heterocycles. The predicted molar refractivity (Wildman–Crippen MR) is 98.1 cm³/mol. The topological polar surface area (TPSA) is 30.9 Å². The van der Waals surface area contributed by atoms with Crippen LogP contribution in [0.15, 0.2) is 59.6 Å². The van der Waals surface area contributed by atoms with Crippen molar-refractivity contribution in [1.29, 1.82) is 0 Å². The fourth-order valence-corrected chi connectivity index (χ4v) is 2.85. The first kappa shape index (κ1) is 15.8. The number of aryl methyl sites for hydroxylation is 2. The first-order valence-electron chi connectivity index (χ1n) is 7.59. The van der Waals surface area contributed by atoms with Gasteiger partial charge in [0.2, 0.25) is 0 Å². The van der Waals surface area contributed by atoms with E-state index < -0.39 is 0 Å². The van der Waals surface area contributed by atoms with Gasteiger partial charge in [-0.2, -0.15) is 0 Å². The van der Waals surface area contributed by atoms with Crippen molar-refractivity contribution in [3.05, 3.63) is 76.6 Å². The highest BCUT2D eigenvalue weighted by Crippen LogP contribution is 2.23. The second kappa shape index (κ2) is 7.02. The number of nitrogens with zero attached hydrogens (tertiary/aromatic N) is 1. The van der Waals surface area contributed by atoms with Gasteiger partial charge in [-0.25, -0.2) is 4.39 Å². The lowest BCUT2D eigenvalue weighted by atomic mass is 10.1. The van der Waals surface area contributed by atoms with Crippen LogP contribution in [-0.2, 0) is 13.0 Å². The Hall–Kier alpha value is -2.04. The molecule has 0 aliphatic heterocycles. The number of aromatic nitrogens is 1. The second-order valence-electron chi connectivity index (χ2n) is 5.51. The molecule has 118 valence electrons. The second-order valence-corrected chi connectivity index (χ2v) is 6.08. The molecule has 0 aliphatic rings. The van der Waals surface area contributed by atoms with Crippen molar-refractivity contribution in [2.45, 2.75) is 13.0 Å². The van der Waals surface area contributed by atoms with Gasteiger partial charge in [0, 0.05) is 30.2 Å². The van der Waals surface area contributed by atoms with Crippen LogP contribution in [0.2, 0.25) is 0 Å². The molecule has 1 aromatic heterocycles. The maximum Gasteiger partial charge on any atom is 0.123 e. The van der Waals surface area contributed by atoms with E-state index in [0.29, 0.717) is 6.54 Å². The number of halogens is 1. The van der Waals surface area contributed by atoms with Crippen LogP contribution in [0.4, 0.5) is 4.39 Å². The molecule has 0 bridgehead atoms. The molecule has 23 heavy (non-hydrogen) atoms. The van der Waals surface area contributed by atoms with E-state index in [4.69, 9.17) is 5.73 Å². The van der Waals surface area contributed by atoms with Gasteiger partial charge in [-0.15, -0.1) is 12.6 Å². The smallest absolute Gasteiger partial charge is 0.123 e. The highest BCUT2D eigenvalue weighted by Gasteiger charge is 2.05. The molecule has 0 spiro atoms. The van der Waals surface area contributed by atoms with E-state index in [-0.39, 0.29) is 5.82 Å². The largest absolute Gasteiger partial charge is 0.347 e. The quantitative estimate of drug-likeness (QED) is 0.675. The Morgan fingerprint density at radius 2 is 1.91 bits per heavy atom. The minimum atomic E-state index is -0.195. The van der Waals surface area contributed by atoms with Crippen LogP contribution in [0.1, 0.15) is 11.1 Å². The molecule has 4 heteroatoms. The zero-order valence-electron chi connectivity index (χ0n) is 12.7. The summed E-state index contributed by atoms with van der Waals surface area (Å²) >= 11 is 4.37. The van der Waals surface area contributed by atoms with Gasteiger partial charge in [0.15, 0.2) is 0 Å². The standard InChI is InChI=1S/C19H19FN2S/c20-16-6-4-14(5-7-16)8-10-22-11-9-18-15(12-17(23)13-21)2-1-3-19(18)22/h1-7,9,11-12,23H,8,10,13,21H2/b17-12-. The lowest BCUT2D eigenvalue weighted by Crippen LogP contribution is -2.00. The Morgan fingerprint density at radius 1 is 1.13 bits per heavy atom. The lowest BCUT2D eigenvalue weighted by molar-refractivity contribution is 0.626. The summed E-state index contributed by atoms with van der Waals surface area (Å²) in [5, 5.41) is 1.19. The predicted octanol–water partition coefficient (Wildman–Crippen LogP) is 4.25. The summed E-state index contributed by atoms with van der Waals surface area (Å²) < 4.78 is 15.2. The van der Waals surface area contributed by atoms with E-state index in [2.05, 4.69) is 41.6 Å². The fraction of sp³-hybridized carbons (Fsp3) is 0.158. The molecule has 2 aromatic carbocycles. The first-order chi connectivity index (χ1) is 11.2. The van der Waals surface area contributed by atoms with E-state index in [0.717, 1.165) is 29.0 Å². The summed E-state index contributed by atoms with van der Waals surface area (Å²) in [6.45, 7) is 1.29. The van der Waals surface area contributed by atoms with E-state index in [1.807, 2.05) is 24.3 Å². The molecule has 0 fully saturated rings. The maximum atomic E-state index is 13.0. The number of rotatable bonds is 5. The average molecular weight is 326 g/mol. The van der Waals surface area contributed by atoms with Crippen molar-refractivity contribution in [2.75, 3.05) is 6.54 Å². The van der Waals surface area contributed by atoms with Crippen LogP contribution < -0.4 is 5.73 Å². The summed E-state index contributed by atoms with van der Waals surface area (Å²) in [5.41, 5.74) is 9.05. The van der Waals surface area contributed by atoms with Crippen LogP contribution in [-0.4, -0.2) is 11.1 Å². The molecule has 0 radical (unpaired) electrons. The minimum Gasteiger partial charge on any atom is -0.347 e. The van der Waals surface area contributed by atoms with Crippen molar-refractivity contribution in [3.8, 4) is 0 Å². The molecular weight excluding hydrogens is 307 g/mol. The molecule has 0 aliphatic carbocycles. The number of hydrogen-bond donors (Lipinski definition) is 2. The van der Waals surface area contributed by atoms with Crippen LogP contribution in [0.3, 0.4) is 0 Å². The Labute approximate surface area is 140 Å². The molecule has 0 amide bonds. The van der Waals surface area contributed by atoms with E-state index >= 15 is 0 Å². The molecule has 3 rings (SSSR count). The van der Waals surface area contributed by atoms with Gasteiger partial charge < -0.3 is 10.3 Å². The summed E-state index contributed by atoms with van der Waals surface area (Å²) in [5.74, 6) is -0.195. The first-order valence-corrected chi connectivity index (χ1v) is 8.04. The average Bonchev–Trinajstić information content (AvgIpc) is 2.98. The molecule has 0 saturated heterocycles. The van der Waals surface area contributed by atoms with E-state index in [9.17, 15) is 4.39 Å². The van der Waals surface area contributed by atoms with Crippen LogP contribution >= 0.6 is 12.6 Å². The van der Waals surface area contributed by atoms with Crippen LogP contribution in [0, 0.1) is 5.82 Å². The fourth-order valence-electron chi connectivity index (χ4n) is 2.71. The normalized spacial score (nSPS) is 12.0.